The van der Waals surface area contributed by atoms with Crippen LogP contribution in [0.2, 0.25) is 0 Å². The summed E-state index contributed by atoms with van der Waals surface area (Å²) in [6, 6.07) is 11.0. The third-order valence-corrected chi connectivity index (χ3v) is 6.90. The molecule has 2 aliphatic rings. The second kappa shape index (κ2) is 10.5. The van der Waals surface area contributed by atoms with E-state index in [1.807, 2.05) is 11.9 Å². The average molecular weight is 462 g/mol. The Hall–Kier alpha value is -2.95. The number of nitrogens with zero attached hydrogens (tertiary/aromatic N) is 4. The fraction of sp³-hybridized carbons (Fsp3) is 0.519. The lowest BCUT2D eigenvalue weighted by atomic mass is 9.92. The van der Waals surface area contributed by atoms with Gasteiger partial charge in [0.1, 0.15) is 11.9 Å². The van der Waals surface area contributed by atoms with Gasteiger partial charge in [0.05, 0.1) is 24.3 Å². The molecule has 1 N–H and O–H groups in total. The number of nitriles is 1. The Morgan fingerprint density at radius 2 is 2.12 bits per heavy atom. The molecule has 180 valence electrons. The lowest BCUT2D eigenvalue weighted by Crippen LogP contribution is -2.54. The van der Waals surface area contributed by atoms with E-state index in [4.69, 9.17) is 9.72 Å². The number of methoxy groups -OCH3 is 1. The van der Waals surface area contributed by atoms with Gasteiger partial charge in [-0.3, -0.25) is 4.79 Å². The van der Waals surface area contributed by atoms with Crippen LogP contribution in [0.1, 0.15) is 54.5 Å². The molecule has 34 heavy (non-hydrogen) atoms. The number of ether oxygens (including phenoxy) is 1. The highest BCUT2D eigenvalue weighted by molar-refractivity contribution is 5.79. The van der Waals surface area contributed by atoms with Crippen LogP contribution in [-0.2, 0) is 16.1 Å². The minimum absolute atomic E-state index is 0.0500. The summed E-state index contributed by atoms with van der Waals surface area (Å²) in [6.45, 7) is 7.33. The van der Waals surface area contributed by atoms with E-state index in [-0.39, 0.29) is 11.9 Å². The molecule has 1 saturated heterocycles. The molecule has 7 heteroatoms. The Morgan fingerprint density at radius 1 is 1.32 bits per heavy atom. The van der Waals surface area contributed by atoms with E-state index in [1.54, 1.807) is 7.11 Å². The molecule has 0 spiro atoms. The number of hydrogen-bond donors (Lipinski definition) is 1. The number of amides is 1. The molecule has 0 bridgehead atoms. The summed E-state index contributed by atoms with van der Waals surface area (Å²) in [5.74, 6) is 1.34. The first-order chi connectivity index (χ1) is 16.5. The van der Waals surface area contributed by atoms with Crippen LogP contribution < -0.4 is 10.2 Å². The maximum atomic E-state index is 12.6. The number of pyridine rings is 1. The minimum Gasteiger partial charge on any atom is -0.384 e. The Kier molecular flexibility index (Phi) is 7.50. The summed E-state index contributed by atoms with van der Waals surface area (Å²) in [4.78, 5) is 21.9. The van der Waals surface area contributed by atoms with Gasteiger partial charge in [-0.05, 0) is 56.5 Å². The van der Waals surface area contributed by atoms with Crippen molar-refractivity contribution in [3.05, 3.63) is 46.6 Å². The maximum Gasteiger partial charge on any atom is 0.225 e. The number of benzene rings is 1. The Balaban J connectivity index is 1.69. The van der Waals surface area contributed by atoms with E-state index in [1.165, 1.54) is 5.56 Å². The molecule has 1 aromatic heterocycles. The van der Waals surface area contributed by atoms with Gasteiger partial charge in [0.2, 0.25) is 5.91 Å². The number of hydrogen-bond acceptors (Lipinski definition) is 6. The van der Waals surface area contributed by atoms with Crippen molar-refractivity contribution in [2.75, 3.05) is 45.3 Å². The minimum atomic E-state index is 0.0500. The van der Waals surface area contributed by atoms with Crippen molar-refractivity contribution in [2.45, 2.75) is 51.6 Å². The normalized spacial score (nSPS) is 18.1. The van der Waals surface area contributed by atoms with Crippen molar-refractivity contribution >= 4 is 11.7 Å². The van der Waals surface area contributed by atoms with Gasteiger partial charge >= 0.3 is 0 Å². The Morgan fingerprint density at radius 3 is 2.76 bits per heavy atom. The fourth-order valence-electron chi connectivity index (χ4n) is 4.98. The third kappa shape index (κ3) is 4.94. The lowest BCUT2D eigenvalue weighted by molar-refractivity contribution is -0.134. The second-order valence-corrected chi connectivity index (χ2v) is 9.44. The smallest absolute Gasteiger partial charge is 0.225 e. The van der Waals surface area contributed by atoms with E-state index in [2.05, 4.69) is 54.4 Å². The first-order valence-electron chi connectivity index (χ1n) is 12.2. The van der Waals surface area contributed by atoms with Gasteiger partial charge in [0, 0.05) is 50.8 Å². The van der Waals surface area contributed by atoms with E-state index in [0.29, 0.717) is 44.1 Å². The molecule has 4 rings (SSSR count). The molecule has 2 heterocycles. The molecule has 7 nitrogen and oxygen atoms in total. The molecule has 0 radical (unpaired) electrons. The van der Waals surface area contributed by atoms with Crippen LogP contribution in [0.3, 0.4) is 0 Å². The molecule has 1 amide bonds. The predicted octanol–water partition coefficient (Wildman–Crippen LogP) is 3.60. The van der Waals surface area contributed by atoms with Gasteiger partial charge in [0.25, 0.3) is 0 Å². The molecule has 1 aliphatic carbocycles. The van der Waals surface area contributed by atoms with Gasteiger partial charge in [-0.2, -0.15) is 5.26 Å². The van der Waals surface area contributed by atoms with Crippen LogP contribution in [0.5, 0.6) is 0 Å². The molecular weight excluding hydrogens is 426 g/mol. The summed E-state index contributed by atoms with van der Waals surface area (Å²) in [6.07, 6.45) is 2.67. The van der Waals surface area contributed by atoms with Gasteiger partial charge in [-0.25, -0.2) is 4.98 Å². The van der Waals surface area contributed by atoms with Crippen LogP contribution >= 0.6 is 0 Å². The molecule has 1 aromatic carbocycles. The second-order valence-electron chi connectivity index (χ2n) is 9.44. The van der Waals surface area contributed by atoms with Crippen molar-refractivity contribution in [2.24, 2.45) is 0 Å². The SMILES string of the molecule is CNCc1cccc(-c2c(C3CC3)nc(N3CCN(C(=O)CCOC)C(C)C3)c(C#N)c2C)c1. The highest BCUT2D eigenvalue weighted by atomic mass is 16.5. The number of carbonyl (C=O) groups excluding carboxylic acids is 1. The van der Waals surface area contributed by atoms with Gasteiger partial charge in [0.15, 0.2) is 0 Å². The lowest BCUT2D eigenvalue weighted by Gasteiger charge is -2.41. The van der Waals surface area contributed by atoms with Crippen molar-refractivity contribution in [1.29, 1.82) is 5.26 Å². The van der Waals surface area contributed by atoms with Crippen molar-refractivity contribution < 1.29 is 9.53 Å². The average Bonchev–Trinajstić information content (AvgIpc) is 3.67. The van der Waals surface area contributed by atoms with Crippen LogP contribution in [-0.4, -0.2) is 62.2 Å². The number of carbonyl (C=O) groups is 1. The monoisotopic (exact) mass is 461 g/mol. The maximum absolute atomic E-state index is 12.6. The topological polar surface area (TPSA) is 81.5 Å². The van der Waals surface area contributed by atoms with Crippen molar-refractivity contribution in [3.63, 3.8) is 0 Å². The number of nitrogens with one attached hydrogen (secondary N) is 1. The first kappa shape index (κ1) is 24.2. The van der Waals surface area contributed by atoms with Crippen molar-refractivity contribution in [1.82, 2.24) is 15.2 Å². The molecule has 1 unspecified atom stereocenters. The van der Waals surface area contributed by atoms with E-state index in [0.717, 1.165) is 47.6 Å². The summed E-state index contributed by atoms with van der Waals surface area (Å²) in [5, 5.41) is 13.4. The number of aromatic nitrogens is 1. The third-order valence-electron chi connectivity index (χ3n) is 6.90. The molecule has 1 atom stereocenters. The molecule has 1 aliphatic heterocycles. The first-order valence-corrected chi connectivity index (χ1v) is 12.2. The van der Waals surface area contributed by atoms with E-state index >= 15 is 0 Å². The molecule has 1 saturated carbocycles. The van der Waals surface area contributed by atoms with Crippen LogP contribution in [0, 0.1) is 18.3 Å². The zero-order valence-electron chi connectivity index (χ0n) is 20.7. The highest BCUT2D eigenvalue weighted by Gasteiger charge is 2.34. The van der Waals surface area contributed by atoms with E-state index < -0.39 is 0 Å². The summed E-state index contributed by atoms with van der Waals surface area (Å²) >= 11 is 0. The molecule has 2 fully saturated rings. The van der Waals surface area contributed by atoms with Crippen molar-refractivity contribution in [3.8, 4) is 17.2 Å². The van der Waals surface area contributed by atoms with Gasteiger partial charge in [-0.1, -0.05) is 18.2 Å². The quantitative estimate of drug-likeness (QED) is 0.647. The standard InChI is InChI=1S/C27H35N5O2/c1-18-17-31(11-12-32(18)24(33)10-13-34-4)27-23(15-28)19(2)25(26(30-27)21-8-9-21)22-7-5-6-20(14-22)16-29-3/h5-7,14,18,21,29H,8-13,16-17H2,1-4H3. The Bertz CT molecular complexity index is 1090. The zero-order valence-corrected chi connectivity index (χ0v) is 20.7. The van der Waals surface area contributed by atoms with Gasteiger partial charge < -0.3 is 19.9 Å². The highest BCUT2D eigenvalue weighted by Crippen LogP contribution is 2.46. The summed E-state index contributed by atoms with van der Waals surface area (Å²) in [5.41, 5.74) is 6.21. The van der Waals surface area contributed by atoms with Crippen LogP contribution in [0.4, 0.5) is 5.82 Å². The fourth-order valence-corrected chi connectivity index (χ4v) is 4.98. The predicted molar refractivity (Wildman–Crippen MR) is 134 cm³/mol. The van der Waals surface area contributed by atoms with E-state index in [9.17, 15) is 10.1 Å². The Labute approximate surface area is 202 Å². The van der Waals surface area contributed by atoms with Gasteiger partial charge in [-0.15, -0.1) is 0 Å². The molecule has 2 aromatic rings. The number of rotatable bonds is 8. The zero-order chi connectivity index (χ0) is 24.2. The summed E-state index contributed by atoms with van der Waals surface area (Å²) in [7, 11) is 3.56. The molecular formula is C27H35N5O2. The number of anilines is 1. The number of piperazine rings is 1. The van der Waals surface area contributed by atoms with Crippen LogP contribution in [0.15, 0.2) is 24.3 Å². The summed E-state index contributed by atoms with van der Waals surface area (Å²) < 4.78 is 5.07. The van der Waals surface area contributed by atoms with Crippen LogP contribution in [0.25, 0.3) is 11.1 Å². The largest absolute Gasteiger partial charge is 0.384 e.